The van der Waals surface area contributed by atoms with Gasteiger partial charge in [-0.05, 0) is 55.0 Å². The van der Waals surface area contributed by atoms with E-state index in [0.29, 0.717) is 21.8 Å². The van der Waals surface area contributed by atoms with Gasteiger partial charge in [0.1, 0.15) is 16.1 Å². The summed E-state index contributed by atoms with van der Waals surface area (Å²) in [6.45, 7) is 2.20. The SMILES string of the molecule is C[C@@H]1CCc2c(sc3[nH]c(=O)c(C(=O)Nc4ccc(Br)cc4)c(O)c23)C1. The summed E-state index contributed by atoms with van der Waals surface area (Å²) in [4.78, 5) is 29.7. The molecule has 0 saturated carbocycles. The first-order valence-corrected chi connectivity index (χ1v) is 10.0. The lowest BCUT2D eigenvalue weighted by atomic mass is 9.89. The van der Waals surface area contributed by atoms with Gasteiger partial charge in [0, 0.05) is 15.0 Å². The third-order valence-corrected chi connectivity index (χ3v) is 6.47. The molecule has 1 atom stereocenters. The molecule has 2 heterocycles. The summed E-state index contributed by atoms with van der Waals surface area (Å²) >= 11 is 4.84. The lowest BCUT2D eigenvalue weighted by molar-refractivity contribution is 0.102. The molecule has 0 fully saturated rings. The van der Waals surface area contributed by atoms with E-state index in [1.54, 1.807) is 24.3 Å². The van der Waals surface area contributed by atoms with Crippen LogP contribution in [0.2, 0.25) is 0 Å². The summed E-state index contributed by atoms with van der Waals surface area (Å²) in [5.74, 6) is -0.243. The maximum absolute atomic E-state index is 12.6. The van der Waals surface area contributed by atoms with Gasteiger partial charge in [0.2, 0.25) is 0 Å². The van der Waals surface area contributed by atoms with E-state index in [-0.39, 0.29) is 11.3 Å². The van der Waals surface area contributed by atoms with Crippen molar-refractivity contribution in [2.75, 3.05) is 5.32 Å². The Bertz CT molecular complexity index is 1070. The first-order valence-electron chi connectivity index (χ1n) is 8.40. The van der Waals surface area contributed by atoms with Crippen LogP contribution in [0.4, 0.5) is 5.69 Å². The Morgan fingerprint density at radius 3 is 2.81 bits per heavy atom. The Kier molecular flexibility index (Phi) is 4.36. The number of H-pyrrole nitrogens is 1. The van der Waals surface area contributed by atoms with Crippen LogP contribution < -0.4 is 10.9 Å². The van der Waals surface area contributed by atoms with E-state index in [0.717, 1.165) is 29.3 Å². The number of carbonyl (C=O) groups is 1. The van der Waals surface area contributed by atoms with Gasteiger partial charge in [-0.2, -0.15) is 0 Å². The molecule has 1 aliphatic rings. The highest BCUT2D eigenvalue weighted by molar-refractivity contribution is 9.10. The molecule has 3 N–H and O–H groups in total. The van der Waals surface area contributed by atoms with E-state index in [4.69, 9.17) is 0 Å². The van der Waals surface area contributed by atoms with Crippen molar-refractivity contribution in [3.05, 3.63) is 55.1 Å². The molecule has 5 nitrogen and oxygen atoms in total. The maximum atomic E-state index is 12.6. The number of pyridine rings is 1. The van der Waals surface area contributed by atoms with Crippen molar-refractivity contribution in [2.24, 2.45) is 5.92 Å². The monoisotopic (exact) mass is 432 g/mol. The molecule has 0 bridgehead atoms. The number of hydrogen-bond donors (Lipinski definition) is 3. The van der Waals surface area contributed by atoms with Crippen LogP contribution in [0.25, 0.3) is 10.2 Å². The number of anilines is 1. The summed E-state index contributed by atoms with van der Waals surface area (Å²) in [5, 5.41) is 14.0. The van der Waals surface area contributed by atoms with Gasteiger partial charge in [0.25, 0.3) is 11.5 Å². The Balaban J connectivity index is 1.78. The van der Waals surface area contributed by atoms with Crippen molar-refractivity contribution in [2.45, 2.75) is 26.2 Å². The number of rotatable bonds is 2. The van der Waals surface area contributed by atoms with Crippen LogP contribution in [0.1, 0.15) is 34.1 Å². The molecule has 0 aliphatic heterocycles. The van der Waals surface area contributed by atoms with E-state index in [2.05, 4.69) is 33.2 Å². The normalized spacial score (nSPS) is 16.5. The number of thiophene rings is 1. The second-order valence-corrected chi connectivity index (χ2v) is 8.72. The van der Waals surface area contributed by atoms with E-state index >= 15 is 0 Å². The van der Waals surface area contributed by atoms with Crippen LogP contribution in [0.3, 0.4) is 0 Å². The topological polar surface area (TPSA) is 82.2 Å². The van der Waals surface area contributed by atoms with E-state index in [9.17, 15) is 14.7 Å². The lowest BCUT2D eigenvalue weighted by Gasteiger charge is -2.18. The van der Waals surface area contributed by atoms with E-state index in [1.807, 2.05) is 0 Å². The van der Waals surface area contributed by atoms with Gasteiger partial charge in [0.05, 0.1) is 5.39 Å². The number of aromatic hydroxyl groups is 1. The maximum Gasteiger partial charge on any atom is 0.265 e. The van der Waals surface area contributed by atoms with Gasteiger partial charge in [-0.25, -0.2) is 0 Å². The number of aromatic amines is 1. The highest BCUT2D eigenvalue weighted by Gasteiger charge is 2.27. The standard InChI is InChI=1S/C19H17BrN2O3S/c1-9-2-7-12-13(8-9)26-19-14(12)16(23)15(18(25)22-19)17(24)21-11-5-3-10(20)4-6-11/h3-6,9H,2,7-8H2,1H3,(H,21,24)(H2,22,23,25)/t9-/m1/s1. The average molecular weight is 433 g/mol. The predicted octanol–water partition coefficient (Wildman–Crippen LogP) is 4.43. The van der Waals surface area contributed by atoms with Gasteiger partial charge in [-0.15, -0.1) is 11.3 Å². The van der Waals surface area contributed by atoms with Gasteiger partial charge >= 0.3 is 0 Å². The van der Waals surface area contributed by atoms with Crippen LogP contribution >= 0.6 is 27.3 Å². The molecular weight excluding hydrogens is 416 g/mol. The molecule has 0 radical (unpaired) electrons. The van der Waals surface area contributed by atoms with Crippen LogP contribution in [0.5, 0.6) is 5.75 Å². The number of benzene rings is 1. The first kappa shape index (κ1) is 17.3. The number of halogens is 1. The third kappa shape index (κ3) is 2.95. The lowest BCUT2D eigenvalue weighted by Crippen LogP contribution is -2.23. The number of amides is 1. The molecular formula is C19H17BrN2O3S. The third-order valence-electron chi connectivity index (χ3n) is 4.77. The van der Waals surface area contributed by atoms with Crippen molar-refractivity contribution in [3.63, 3.8) is 0 Å². The fraction of sp³-hybridized carbons (Fsp3) is 0.263. The highest BCUT2D eigenvalue weighted by atomic mass is 79.9. The molecule has 0 unspecified atom stereocenters. The molecule has 4 rings (SSSR count). The number of aryl methyl sites for hydroxylation is 1. The summed E-state index contributed by atoms with van der Waals surface area (Å²) < 4.78 is 0.886. The molecule has 1 amide bonds. The highest BCUT2D eigenvalue weighted by Crippen LogP contribution is 2.41. The Morgan fingerprint density at radius 1 is 1.35 bits per heavy atom. The summed E-state index contributed by atoms with van der Waals surface area (Å²) in [6.07, 6.45) is 2.83. The molecule has 1 aliphatic carbocycles. The zero-order valence-corrected chi connectivity index (χ0v) is 16.5. The number of hydrogen-bond acceptors (Lipinski definition) is 4. The molecule has 0 spiro atoms. The van der Waals surface area contributed by atoms with Crippen molar-refractivity contribution < 1.29 is 9.90 Å². The van der Waals surface area contributed by atoms with Gasteiger partial charge in [-0.3, -0.25) is 9.59 Å². The largest absolute Gasteiger partial charge is 0.506 e. The molecule has 0 saturated heterocycles. The van der Waals surface area contributed by atoms with Crippen LogP contribution in [0.15, 0.2) is 33.5 Å². The quantitative estimate of drug-likeness (QED) is 0.559. The number of fused-ring (bicyclic) bond motifs is 3. The van der Waals surface area contributed by atoms with Crippen molar-refractivity contribution in [3.8, 4) is 5.75 Å². The van der Waals surface area contributed by atoms with Crippen molar-refractivity contribution in [1.29, 1.82) is 0 Å². The fourth-order valence-electron chi connectivity index (χ4n) is 3.42. The first-order chi connectivity index (χ1) is 12.4. The van der Waals surface area contributed by atoms with Crippen LogP contribution in [-0.4, -0.2) is 16.0 Å². The Labute approximate surface area is 162 Å². The second-order valence-electron chi connectivity index (χ2n) is 6.69. The molecule has 1 aromatic carbocycles. The number of nitrogens with one attached hydrogen (secondary N) is 2. The minimum absolute atomic E-state index is 0.217. The molecule has 26 heavy (non-hydrogen) atoms. The molecule has 7 heteroatoms. The van der Waals surface area contributed by atoms with Crippen LogP contribution in [0, 0.1) is 5.92 Å². The van der Waals surface area contributed by atoms with E-state index in [1.165, 1.54) is 16.2 Å². The summed E-state index contributed by atoms with van der Waals surface area (Å²) in [6, 6.07) is 7.03. The van der Waals surface area contributed by atoms with Crippen LogP contribution in [-0.2, 0) is 12.8 Å². The Hall–Kier alpha value is -2.12. The number of carbonyl (C=O) groups excluding carboxylic acids is 1. The molecule has 134 valence electrons. The molecule has 3 aromatic rings. The zero-order chi connectivity index (χ0) is 18.4. The number of aromatic nitrogens is 1. The fourth-order valence-corrected chi connectivity index (χ4v) is 5.10. The minimum Gasteiger partial charge on any atom is -0.506 e. The summed E-state index contributed by atoms with van der Waals surface area (Å²) in [5.41, 5.74) is 0.809. The van der Waals surface area contributed by atoms with E-state index < -0.39 is 11.5 Å². The summed E-state index contributed by atoms with van der Waals surface area (Å²) in [7, 11) is 0. The smallest absolute Gasteiger partial charge is 0.265 e. The van der Waals surface area contributed by atoms with Crippen molar-refractivity contribution in [1.82, 2.24) is 4.98 Å². The van der Waals surface area contributed by atoms with Gasteiger partial charge in [-0.1, -0.05) is 22.9 Å². The molecule has 2 aromatic heterocycles. The van der Waals surface area contributed by atoms with Crippen molar-refractivity contribution >= 4 is 49.1 Å². The zero-order valence-electron chi connectivity index (χ0n) is 14.1. The average Bonchev–Trinajstić information content (AvgIpc) is 2.94. The van der Waals surface area contributed by atoms with Gasteiger partial charge < -0.3 is 15.4 Å². The predicted molar refractivity (Wildman–Crippen MR) is 107 cm³/mol. The minimum atomic E-state index is -0.614. The second kappa shape index (κ2) is 6.55. The Morgan fingerprint density at radius 2 is 2.08 bits per heavy atom. The van der Waals surface area contributed by atoms with Gasteiger partial charge in [0.15, 0.2) is 0 Å².